The number of rotatable bonds is 5. The quantitative estimate of drug-likeness (QED) is 0.323. The Morgan fingerprint density at radius 2 is 1.83 bits per heavy atom. The van der Waals surface area contributed by atoms with Crippen molar-refractivity contribution < 1.29 is 9.59 Å². The number of benzene rings is 1. The molecule has 7 nitrogen and oxygen atoms in total. The van der Waals surface area contributed by atoms with Gasteiger partial charge in [-0.2, -0.15) is 0 Å². The van der Waals surface area contributed by atoms with E-state index in [-0.39, 0.29) is 36.4 Å². The standard InChI is InChI=1S/C22H29N5O2/c23-25-24-14-9-19(28)26-15-10-18(11-16-26)27-20(17-7-3-1-4-8-17)22(21(27)29)12-5-2-6-13-22/h1,3-4,7-8,18,20H,2,5-6,9-16H2. The maximum absolute atomic E-state index is 13.4. The number of likely N-dealkylation sites (tertiary alicyclic amines) is 2. The second kappa shape index (κ2) is 8.46. The van der Waals surface area contributed by atoms with Crippen LogP contribution in [0.1, 0.15) is 63.0 Å². The van der Waals surface area contributed by atoms with Crippen molar-refractivity contribution in [2.45, 2.75) is 63.5 Å². The molecule has 0 N–H and O–H groups in total. The summed E-state index contributed by atoms with van der Waals surface area (Å²) < 4.78 is 0. The zero-order chi connectivity index (χ0) is 20.3. The summed E-state index contributed by atoms with van der Waals surface area (Å²) in [6, 6.07) is 10.9. The summed E-state index contributed by atoms with van der Waals surface area (Å²) in [5.41, 5.74) is 9.41. The van der Waals surface area contributed by atoms with Crippen LogP contribution in [0, 0.1) is 5.41 Å². The van der Waals surface area contributed by atoms with Crippen LogP contribution in [0.5, 0.6) is 0 Å². The minimum Gasteiger partial charge on any atom is -0.343 e. The molecule has 29 heavy (non-hydrogen) atoms. The van der Waals surface area contributed by atoms with Gasteiger partial charge in [-0.3, -0.25) is 9.59 Å². The Hall–Kier alpha value is -2.53. The molecule has 1 aliphatic carbocycles. The fourth-order valence-electron chi connectivity index (χ4n) is 5.59. The summed E-state index contributed by atoms with van der Waals surface area (Å²) >= 11 is 0. The van der Waals surface area contributed by atoms with Gasteiger partial charge in [0, 0.05) is 37.0 Å². The topological polar surface area (TPSA) is 89.4 Å². The molecular weight excluding hydrogens is 366 g/mol. The van der Waals surface area contributed by atoms with Crippen LogP contribution in [-0.4, -0.2) is 47.3 Å². The lowest BCUT2D eigenvalue weighted by molar-refractivity contribution is -0.186. The molecule has 1 saturated carbocycles. The van der Waals surface area contributed by atoms with Crippen LogP contribution in [0.3, 0.4) is 0 Å². The Labute approximate surface area is 171 Å². The number of piperidine rings is 1. The predicted molar refractivity (Wildman–Crippen MR) is 110 cm³/mol. The van der Waals surface area contributed by atoms with Gasteiger partial charge in [0.05, 0.1) is 11.5 Å². The molecule has 1 unspecified atom stereocenters. The Bertz CT molecular complexity index is 791. The van der Waals surface area contributed by atoms with Crippen LogP contribution >= 0.6 is 0 Å². The SMILES string of the molecule is [N-]=[N+]=NCCC(=O)N1CCC(N2C(=O)C3(CCCCC3)C2c2ccccc2)CC1. The molecule has 2 amide bonds. The van der Waals surface area contributed by atoms with Gasteiger partial charge in [0.15, 0.2) is 0 Å². The van der Waals surface area contributed by atoms with Crippen molar-refractivity contribution in [2.24, 2.45) is 10.5 Å². The largest absolute Gasteiger partial charge is 0.343 e. The van der Waals surface area contributed by atoms with E-state index < -0.39 is 0 Å². The summed E-state index contributed by atoms with van der Waals surface area (Å²) in [5.74, 6) is 0.369. The maximum atomic E-state index is 13.4. The number of nitrogens with zero attached hydrogens (tertiary/aromatic N) is 5. The predicted octanol–water partition coefficient (Wildman–Crippen LogP) is 4.21. The Morgan fingerprint density at radius 3 is 2.48 bits per heavy atom. The van der Waals surface area contributed by atoms with Gasteiger partial charge in [0.2, 0.25) is 11.8 Å². The van der Waals surface area contributed by atoms with Crippen LogP contribution in [0.2, 0.25) is 0 Å². The maximum Gasteiger partial charge on any atom is 0.232 e. The molecule has 2 saturated heterocycles. The van der Waals surface area contributed by atoms with Gasteiger partial charge in [-0.05, 0) is 36.8 Å². The van der Waals surface area contributed by atoms with E-state index in [0.29, 0.717) is 19.0 Å². The first-order chi connectivity index (χ1) is 14.2. The van der Waals surface area contributed by atoms with Crippen LogP contribution in [0.15, 0.2) is 35.4 Å². The van der Waals surface area contributed by atoms with Crippen LogP contribution < -0.4 is 0 Å². The molecule has 7 heteroatoms. The van der Waals surface area contributed by atoms with Crippen molar-refractivity contribution in [3.63, 3.8) is 0 Å². The van der Waals surface area contributed by atoms with Crippen molar-refractivity contribution in [1.82, 2.24) is 9.80 Å². The number of hydrogen-bond acceptors (Lipinski definition) is 3. The average molecular weight is 396 g/mol. The number of carbonyl (C=O) groups excluding carboxylic acids is 2. The van der Waals surface area contributed by atoms with E-state index >= 15 is 0 Å². The molecular formula is C22H29N5O2. The Morgan fingerprint density at radius 1 is 1.14 bits per heavy atom. The molecule has 2 heterocycles. The number of carbonyl (C=O) groups is 2. The molecule has 1 aromatic carbocycles. The molecule has 0 aromatic heterocycles. The lowest BCUT2D eigenvalue weighted by Crippen LogP contribution is -2.67. The smallest absolute Gasteiger partial charge is 0.232 e. The summed E-state index contributed by atoms with van der Waals surface area (Å²) in [6.45, 7) is 1.54. The lowest BCUT2D eigenvalue weighted by Gasteiger charge is -2.61. The van der Waals surface area contributed by atoms with Gasteiger partial charge in [0.1, 0.15) is 0 Å². The van der Waals surface area contributed by atoms with Gasteiger partial charge in [-0.15, -0.1) is 0 Å². The second-order valence-electron chi connectivity index (χ2n) is 8.56. The lowest BCUT2D eigenvalue weighted by atomic mass is 9.59. The van der Waals surface area contributed by atoms with E-state index in [1.54, 1.807) is 0 Å². The molecule has 0 bridgehead atoms. The Balaban J connectivity index is 1.46. The third-order valence-corrected chi connectivity index (χ3v) is 7.02. The summed E-state index contributed by atoms with van der Waals surface area (Å²) in [4.78, 5) is 32.4. The fourth-order valence-corrected chi connectivity index (χ4v) is 5.59. The van der Waals surface area contributed by atoms with E-state index in [1.165, 1.54) is 12.0 Å². The third kappa shape index (κ3) is 3.60. The van der Waals surface area contributed by atoms with Crippen molar-refractivity contribution in [3.05, 3.63) is 46.3 Å². The molecule has 3 fully saturated rings. The number of hydrogen-bond donors (Lipinski definition) is 0. The first kappa shape index (κ1) is 19.8. The first-order valence-electron chi connectivity index (χ1n) is 10.8. The normalized spacial score (nSPS) is 24.1. The minimum absolute atomic E-state index is 0.0362. The van der Waals surface area contributed by atoms with E-state index in [1.807, 2.05) is 11.0 Å². The fraction of sp³-hybridized carbons (Fsp3) is 0.636. The van der Waals surface area contributed by atoms with Crippen molar-refractivity contribution in [3.8, 4) is 0 Å². The monoisotopic (exact) mass is 395 g/mol. The van der Waals surface area contributed by atoms with Gasteiger partial charge in [-0.1, -0.05) is 54.7 Å². The average Bonchev–Trinajstić information content (AvgIpc) is 2.78. The second-order valence-corrected chi connectivity index (χ2v) is 8.56. The van der Waals surface area contributed by atoms with Gasteiger partial charge >= 0.3 is 0 Å². The minimum atomic E-state index is -0.206. The molecule has 154 valence electrons. The van der Waals surface area contributed by atoms with Crippen LogP contribution in [-0.2, 0) is 9.59 Å². The third-order valence-electron chi connectivity index (χ3n) is 7.02. The van der Waals surface area contributed by atoms with Crippen molar-refractivity contribution in [1.29, 1.82) is 0 Å². The Kier molecular flexibility index (Phi) is 5.76. The van der Waals surface area contributed by atoms with E-state index in [2.05, 4.69) is 39.2 Å². The van der Waals surface area contributed by atoms with Crippen molar-refractivity contribution in [2.75, 3.05) is 19.6 Å². The molecule has 2 aliphatic heterocycles. The summed E-state index contributed by atoms with van der Waals surface area (Å²) in [6.07, 6.45) is 7.40. The molecule has 3 aliphatic rings. The van der Waals surface area contributed by atoms with Gasteiger partial charge < -0.3 is 9.80 Å². The van der Waals surface area contributed by atoms with Gasteiger partial charge in [-0.25, -0.2) is 0 Å². The zero-order valence-electron chi connectivity index (χ0n) is 16.9. The first-order valence-corrected chi connectivity index (χ1v) is 10.8. The summed E-state index contributed by atoms with van der Waals surface area (Å²) in [5, 5.41) is 3.45. The van der Waals surface area contributed by atoms with Crippen molar-refractivity contribution >= 4 is 11.8 Å². The van der Waals surface area contributed by atoms with E-state index in [4.69, 9.17) is 5.53 Å². The highest BCUT2D eigenvalue weighted by molar-refractivity contribution is 5.91. The highest BCUT2D eigenvalue weighted by Gasteiger charge is 2.62. The molecule has 1 atom stereocenters. The number of amides is 2. The highest BCUT2D eigenvalue weighted by Crippen LogP contribution is 2.59. The molecule has 0 radical (unpaired) electrons. The van der Waals surface area contributed by atoms with E-state index in [0.717, 1.165) is 38.5 Å². The number of β-lactam (4-membered cyclic amide) rings is 1. The molecule has 1 aromatic rings. The summed E-state index contributed by atoms with van der Waals surface area (Å²) in [7, 11) is 0. The van der Waals surface area contributed by atoms with Crippen LogP contribution in [0.4, 0.5) is 0 Å². The molecule has 1 spiro atoms. The zero-order valence-corrected chi connectivity index (χ0v) is 16.9. The van der Waals surface area contributed by atoms with Gasteiger partial charge in [0.25, 0.3) is 0 Å². The number of azide groups is 1. The van der Waals surface area contributed by atoms with E-state index in [9.17, 15) is 9.59 Å². The van der Waals surface area contributed by atoms with Crippen LogP contribution in [0.25, 0.3) is 10.4 Å². The highest BCUT2D eigenvalue weighted by atomic mass is 16.2. The molecule has 4 rings (SSSR count).